The predicted octanol–water partition coefficient (Wildman–Crippen LogP) is 4.19. The summed E-state index contributed by atoms with van der Waals surface area (Å²) in [6, 6.07) is 5.50. The van der Waals surface area contributed by atoms with Crippen molar-refractivity contribution >= 4 is 23.2 Å². The lowest BCUT2D eigenvalue weighted by atomic mass is 9.78. The zero-order valence-corrected chi connectivity index (χ0v) is 11.4. The third-order valence-electron chi connectivity index (χ3n) is 2.96. The quantitative estimate of drug-likeness (QED) is 0.864. The van der Waals surface area contributed by atoms with Crippen LogP contribution in [0.2, 0.25) is 10.0 Å². The van der Waals surface area contributed by atoms with Crippen molar-refractivity contribution in [3.05, 3.63) is 33.8 Å². The first kappa shape index (κ1) is 13.8. The largest absolute Gasteiger partial charge is 0.396 e. The molecule has 1 rings (SSSR count). The van der Waals surface area contributed by atoms with E-state index in [1.807, 2.05) is 18.2 Å². The molecule has 0 aromatic heterocycles. The molecule has 0 heterocycles. The van der Waals surface area contributed by atoms with Crippen molar-refractivity contribution in [2.75, 3.05) is 6.61 Å². The maximum Gasteiger partial charge on any atom is 0.0467 e. The molecule has 0 aliphatic heterocycles. The molecule has 0 amide bonds. The minimum absolute atomic E-state index is 0.0389. The SMILES string of the molecule is CC(C)(C)C(CO)Cc1c(Cl)cccc1Cl. The van der Waals surface area contributed by atoms with Crippen molar-refractivity contribution in [3.63, 3.8) is 0 Å². The predicted molar refractivity (Wildman–Crippen MR) is 70.2 cm³/mol. The fraction of sp³-hybridized carbons (Fsp3) is 0.538. The Morgan fingerprint density at radius 3 is 2.06 bits per heavy atom. The lowest BCUT2D eigenvalue weighted by Crippen LogP contribution is -2.26. The van der Waals surface area contributed by atoms with Gasteiger partial charge in [-0.25, -0.2) is 0 Å². The van der Waals surface area contributed by atoms with Crippen LogP contribution in [0.5, 0.6) is 0 Å². The molecular formula is C13H18Cl2O. The Morgan fingerprint density at radius 1 is 1.19 bits per heavy atom. The van der Waals surface area contributed by atoms with E-state index in [9.17, 15) is 5.11 Å². The maximum atomic E-state index is 9.42. The maximum absolute atomic E-state index is 9.42. The van der Waals surface area contributed by atoms with Gasteiger partial charge in [0.1, 0.15) is 0 Å². The average molecular weight is 261 g/mol. The van der Waals surface area contributed by atoms with Crippen molar-refractivity contribution < 1.29 is 5.11 Å². The molecular weight excluding hydrogens is 243 g/mol. The van der Waals surface area contributed by atoms with Crippen LogP contribution < -0.4 is 0 Å². The normalized spacial score (nSPS) is 13.9. The second kappa shape index (κ2) is 5.39. The second-order valence-electron chi connectivity index (χ2n) is 5.15. The van der Waals surface area contributed by atoms with Crippen LogP contribution in [-0.4, -0.2) is 11.7 Å². The zero-order chi connectivity index (χ0) is 12.3. The number of rotatable bonds is 3. The molecule has 90 valence electrons. The molecule has 0 aliphatic rings. The first-order chi connectivity index (χ1) is 7.36. The highest BCUT2D eigenvalue weighted by atomic mass is 35.5. The summed E-state index contributed by atoms with van der Waals surface area (Å²) in [6.45, 7) is 6.47. The molecule has 1 aromatic rings. The van der Waals surface area contributed by atoms with Gasteiger partial charge in [-0.3, -0.25) is 0 Å². The monoisotopic (exact) mass is 260 g/mol. The highest BCUT2D eigenvalue weighted by Gasteiger charge is 2.25. The van der Waals surface area contributed by atoms with Crippen LogP contribution in [0, 0.1) is 11.3 Å². The molecule has 0 radical (unpaired) electrons. The number of halogens is 2. The lowest BCUT2D eigenvalue weighted by Gasteiger charge is -2.29. The molecule has 1 N–H and O–H groups in total. The summed E-state index contributed by atoms with van der Waals surface area (Å²) in [4.78, 5) is 0. The van der Waals surface area contributed by atoms with Crippen molar-refractivity contribution in [3.8, 4) is 0 Å². The molecule has 0 saturated heterocycles. The van der Waals surface area contributed by atoms with Crippen molar-refractivity contribution in [2.24, 2.45) is 11.3 Å². The average Bonchev–Trinajstić information content (AvgIpc) is 2.15. The van der Waals surface area contributed by atoms with Gasteiger partial charge < -0.3 is 5.11 Å². The first-order valence-electron chi connectivity index (χ1n) is 5.40. The Hall–Kier alpha value is -0.240. The number of aliphatic hydroxyl groups excluding tert-OH is 1. The van der Waals surface area contributed by atoms with Crippen LogP contribution in [0.1, 0.15) is 26.3 Å². The molecule has 3 heteroatoms. The van der Waals surface area contributed by atoms with E-state index in [4.69, 9.17) is 23.2 Å². The Balaban J connectivity index is 2.95. The standard InChI is InChI=1S/C13H18Cl2O/c1-13(2,3)9(8-16)7-10-11(14)5-4-6-12(10)15/h4-6,9,16H,7-8H2,1-3H3. The van der Waals surface area contributed by atoms with Crippen LogP contribution in [-0.2, 0) is 6.42 Å². The summed E-state index contributed by atoms with van der Waals surface area (Å²) in [5.74, 6) is 0.157. The highest BCUT2D eigenvalue weighted by Crippen LogP contribution is 2.33. The number of benzene rings is 1. The minimum atomic E-state index is 0.0389. The highest BCUT2D eigenvalue weighted by molar-refractivity contribution is 6.35. The van der Waals surface area contributed by atoms with Crippen LogP contribution in [0.15, 0.2) is 18.2 Å². The number of hydrogen-bond acceptors (Lipinski definition) is 1. The lowest BCUT2D eigenvalue weighted by molar-refractivity contribution is 0.131. The third kappa shape index (κ3) is 3.38. The molecule has 0 spiro atoms. The smallest absolute Gasteiger partial charge is 0.0467 e. The molecule has 0 bridgehead atoms. The molecule has 0 saturated carbocycles. The molecule has 16 heavy (non-hydrogen) atoms. The van der Waals surface area contributed by atoms with Gasteiger partial charge in [0.05, 0.1) is 0 Å². The molecule has 1 nitrogen and oxygen atoms in total. The Morgan fingerprint density at radius 2 is 1.69 bits per heavy atom. The zero-order valence-electron chi connectivity index (χ0n) is 9.93. The summed E-state index contributed by atoms with van der Waals surface area (Å²) in [5, 5.41) is 10.8. The molecule has 0 aliphatic carbocycles. The van der Waals surface area contributed by atoms with Crippen molar-refractivity contribution in [2.45, 2.75) is 27.2 Å². The van der Waals surface area contributed by atoms with Gasteiger partial charge in [0, 0.05) is 16.7 Å². The summed E-state index contributed by atoms with van der Waals surface area (Å²) in [7, 11) is 0. The number of aliphatic hydroxyl groups is 1. The van der Waals surface area contributed by atoms with Gasteiger partial charge in [-0.1, -0.05) is 50.0 Å². The Kier molecular flexibility index (Phi) is 4.66. The summed E-state index contributed by atoms with van der Waals surface area (Å²) < 4.78 is 0. The summed E-state index contributed by atoms with van der Waals surface area (Å²) >= 11 is 12.2. The van der Waals surface area contributed by atoms with Crippen LogP contribution in [0.25, 0.3) is 0 Å². The van der Waals surface area contributed by atoms with E-state index in [-0.39, 0.29) is 17.9 Å². The van der Waals surface area contributed by atoms with Gasteiger partial charge in [-0.15, -0.1) is 0 Å². The number of hydrogen-bond donors (Lipinski definition) is 1. The van der Waals surface area contributed by atoms with Crippen molar-refractivity contribution in [1.29, 1.82) is 0 Å². The topological polar surface area (TPSA) is 20.2 Å². The molecule has 1 aromatic carbocycles. The van der Waals surface area contributed by atoms with E-state index in [0.717, 1.165) is 5.56 Å². The van der Waals surface area contributed by atoms with Gasteiger partial charge in [0.2, 0.25) is 0 Å². The van der Waals surface area contributed by atoms with Gasteiger partial charge >= 0.3 is 0 Å². The van der Waals surface area contributed by atoms with Crippen LogP contribution >= 0.6 is 23.2 Å². The van der Waals surface area contributed by atoms with Gasteiger partial charge in [0.15, 0.2) is 0 Å². The fourth-order valence-electron chi connectivity index (χ4n) is 1.62. The summed E-state index contributed by atoms with van der Waals surface area (Å²) in [5.41, 5.74) is 0.969. The Labute approximate surface area is 107 Å². The van der Waals surface area contributed by atoms with E-state index in [0.29, 0.717) is 16.5 Å². The van der Waals surface area contributed by atoms with Gasteiger partial charge in [0.25, 0.3) is 0 Å². The van der Waals surface area contributed by atoms with Crippen molar-refractivity contribution in [1.82, 2.24) is 0 Å². The minimum Gasteiger partial charge on any atom is -0.396 e. The van der Waals surface area contributed by atoms with Gasteiger partial charge in [-0.2, -0.15) is 0 Å². The second-order valence-corrected chi connectivity index (χ2v) is 5.96. The summed E-state index contributed by atoms with van der Waals surface area (Å²) in [6.07, 6.45) is 0.707. The molecule has 0 fully saturated rings. The fourth-order valence-corrected chi connectivity index (χ4v) is 2.17. The molecule has 1 atom stereocenters. The Bertz CT molecular complexity index is 335. The van der Waals surface area contributed by atoms with Crippen LogP contribution in [0.4, 0.5) is 0 Å². The van der Waals surface area contributed by atoms with E-state index >= 15 is 0 Å². The first-order valence-corrected chi connectivity index (χ1v) is 6.15. The van der Waals surface area contributed by atoms with E-state index in [1.54, 1.807) is 0 Å². The van der Waals surface area contributed by atoms with E-state index in [1.165, 1.54) is 0 Å². The van der Waals surface area contributed by atoms with Crippen LogP contribution in [0.3, 0.4) is 0 Å². The van der Waals surface area contributed by atoms with E-state index < -0.39 is 0 Å². The van der Waals surface area contributed by atoms with Gasteiger partial charge in [-0.05, 0) is 35.4 Å². The van der Waals surface area contributed by atoms with E-state index in [2.05, 4.69) is 20.8 Å². The third-order valence-corrected chi connectivity index (χ3v) is 3.67. The molecule has 1 unspecified atom stereocenters.